The number of amides is 1. The molecule has 0 saturated carbocycles. The Morgan fingerprint density at radius 2 is 2.00 bits per heavy atom. The van der Waals surface area contributed by atoms with Crippen molar-refractivity contribution in [1.29, 1.82) is 0 Å². The molecule has 1 aliphatic heterocycles. The maximum atomic E-state index is 12.5. The molecule has 2 N–H and O–H groups in total. The van der Waals surface area contributed by atoms with Gasteiger partial charge in [0.1, 0.15) is 0 Å². The molecule has 1 unspecified atom stereocenters. The van der Waals surface area contributed by atoms with Crippen LogP contribution in [0, 0.1) is 13.8 Å². The largest absolute Gasteiger partial charge is 0.479 e. The van der Waals surface area contributed by atoms with Crippen molar-refractivity contribution in [3.05, 3.63) is 47.3 Å². The summed E-state index contributed by atoms with van der Waals surface area (Å²) in [6, 6.07) is 9.40. The normalized spacial score (nSPS) is 20.1. The second-order valence-corrected chi connectivity index (χ2v) is 6.06. The summed E-state index contributed by atoms with van der Waals surface area (Å²) in [6.07, 6.45) is 0.242. The first-order chi connectivity index (χ1) is 11.4. The number of rotatable bonds is 4. The molecule has 1 atom stereocenters. The zero-order valence-corrected chi connectivity index (χ0v) is 13.6. The maximum Gasteiger partial charge on any atom is 0.331 e. The van der Waals surface area contributed by atoms with Crippen LogP contribution in [0.5, 0.6) is 0 Å². The Labute approximate surface area is 139 Å². The van der Waals surface area contributed by atoms with Gasteiger partial charge in [0, 0.05) is 18.7 Å². The van der Waals surface area contributed by atoms with Crippen molar-refractivity contribution >= 4 is 11.9 Å². The molecule has 0 bridgehead atoms. The van der Waals surface area contributed by atoms with Gasteiger partial charge in [0.2, 0.25) is 0 Å². The van der Waals surface area contributed by atoms with E-state index in [1.807, 2.05) is 38.1 Å². The minimum atomic E-state index is -1.38. The van der Waals surface area contributed by atoms with Crippen LogP contribution in [0.2, 0.25) is 0 Å². The summed E-state index contributed by atoms with van der Waals surface area (Å²) in [6.45, 7) is 4.11. The number of hydrogen-bond donors (Lipinski definition) is 2. The number of aliphatic carboxylic acids is 1. The maximum absolute atomic E-state index is 12.5. The highest BCUT2D eigenvalue weighted by molar-refractivity contribution is 5.96. The summed E-state index contributed by atoms with van der Waals surface area (Å²) in [7, 11) is 0. The van der Waals surface area contributed by atoms with Gasteiger partial charge in [0.25, 0.3) is 5.91 Å². The fraction of sp³-hybridized carbons (Fsp3) is 0.353. The third-order valence-electron chi connectivity index (χ3n) is 4.18. The van der Waals surface area contributed by atoms with Gasteiger partial charge in [0.05, 0.1) is 12.3 Å². The number of nitrogens with zero attached hydrogens (tertiary/aromatic N) is 2. The first-order valence-corrected chi connectivity index (χ1v) is 7.69. The summed E-state index contributed by atoms with van der Waals surface area (Å²) in [5.74, 6) is -1.61. The van der Waals surface area contributed by atoms with Gasteiger partial charge in [-0.15, -0.1) is 0 Å². The fourth-order valence-electron chi connectivity index (χ4n) is 2.70. The highest BCUT2D eigenvalue weighted by Crippen LogP contribution is 2.20. The Hall–Kier alpha value is -2.67. The monoisotopic (exact) mass is 329 g/mol. The number of nitrogens with one attached hydrogen (secondary N) is 1. The van der Waals surface area contributed by atoms with E-state index in [4.69, 9.17) is 4.74 Å². The predicted octanol–water partition coefficient (Wildman–Crippen LogP) is 1.46. The minimum Gasteiger partial charge on any atom is -0.479 e. The first-order valence-electron chi connectivity index (χ1n) is 7.69. The second-order valence-electron chi connectivity index (χ2n) is 6.06. The lowest BCUT2D eigenvalue weighted by atomic mass is 9.99. The molecule has 7 nitrogen and oxygen atoms in total. The van der Waals surface area contributed by atoms with E-state index in [1.54, 1.807) is 10.7 Å². The molecule has 3 rings (SSSR count). The van der Waals surface area contributed by atoms with Crippen LogP contribution in [0.25, 0.3) is 5.69 Å². The molecule has 7 heteroatoms. The summed E-state index contributed by atoms with van der Waals surface area (Å²) in [5, 5.41) is 16.3. The fourth-order valence-corrected chi connectivity index (χ4v) is 2.70. The standard InChI is InChI=1S/C17H19N3O4/c1-11-3-5-13(6-4-11)20-12(2)9-14(19-20)15(21)18-17(16(22)23)7-8-24-10-17/h3-6,9H,7-8,10H2,1-2H3,(H,18,21)(H,22,23). The average molecular weight is 329 g/mol. The molecule has 1 aromatic heterocycles. The van der Waals surface area contributed by atoms with Gasteiger partial charge in [-0.1, -0.05) is 17.7 Å². The van der Waals surface area contributed by atoms with Gasteiger partial charge in [-0.3, -0.25) is 4.79 Å². The molecule has 1 amide bonds. The van der Waals surface area contributed by atoms with E-state index in [0.717, 1.165) is 16.9 Å². The van der Waals surface area contributed by atoms with Gasteiger partial charge >= 0.3 is 5.97 Å². The molecule has 1 aromatic carbocycles. The summed E-state index contributed by atoms with van der Waals surface area (Å²) in [5.41, 5.74) is 1.57. The van der Waals surface area contributed by atoms with Crippen LogP contribution in [0.3, 0.4) is 0 Å². The van der Waals surface area contributed by atoms with Crippen molar-refractivity contribution < 1.29 is 19.4 Å². The first kappa shape index (κ1) is 16.2. The van der Waals surface area contributed by atoms with Gasteiger partial charge in [-0.05, 0) is 32.0 Å². The molecule has 2 aromatic rings. The Morgan fingerprint density at radius 3 is 2.58 bits per heavy atom. The molecular formula is C17H19N3O4. The number of aromatic nitrogens is 2. The van der Waals surface area contributed by atoms with E-state index in [2.05, 4.69) is 10.4 Å². The highest BCUT2D eigenvalue weighted by atomic mass is 16.5. The number of carbonyl (C=O) groups excluding carboxylic acids is 1. The molecule has 2 heterocycles. The molecule has 1 aliphatic rings. The van der Waals surface area contributed by atoms with Crippen LogP contribution in [0.1, 0.15) is 28.2 Å². The molecule has 0 radical (unpaired) electrons. The van der Waals surface area contributed by atoms with Crippen LogP contribution in [0.4, 0.5) is 0 Å². The Morgan fingerprint density at radius 1 is 1.29 bits per heavy atom. The molecular weight excluding hydrogens is 310 g/mol. The Bertz CT molecular complexity index is 774. The molecule has 24 heavy (non-hydrogen) atoms. The molecule has 0 aliphatic carbocycles. The van der Waals surface area contributed by atoms with Crippen molar-refractivity contribution in [3.63, 3.8) is 0 Å². The van der Waals surface area contributed by atoms with Crippen molar-refractivity contribution in [3.8, 4) is 5.69 Å². The number of aryl methyl sites for hydroxylation is 2. The lowest BCUT2D eigenvalue weighted by molar-refractivity contribution is -0.144. The van der Waals surface area contributed by atoms with Crippen LogP contribution < -0.4 is 5.32 Å². The van der Waals surface area contributed by atoms with E-state index < -0.39 is 17.4 Å². The number of hydrogen-bond acceptors (Lipinski definition) is 4. The van der Waals surface area contributed by atoms with E-state index in [0.29, 0.717) is 6.61 Å². The van der Waals surface area contributed by atoms with E-state index in [1.165, 1.54) is 0 Å². The van der Waals surface area contributed by atoms with E-state index in [9.17, 15) is 14.7 Å². The number of carboxylic acids is 1. The molecule has 0 spiro atoms. The zero-order valence-electron chi connectivity index (χ0n) is 13.6. The molecule has 1 saturated heterocycles. The number of ether oxygens (including phenoxy) is 1. The average Bonchev–Trinajstić information content (AvgIpc) is 3.16. The third kappa shape index (κ3) is 2.90. The lowest BCUT2D eigenvalue weighted by Crippen LogP contribution is -2.55. The van der Waals surface area contributed by atoms with Crippen molar-refractivity contribution in [2.45, 2.75) is 25.8 Å². The lowest BCUT2D eigenvalue weighted by Gasteiger charge is -2.22. The van der Waals surface area contributed by atoms with Gasteiger partial charge in [-0.2, -0.15) is 5.10 Å². The minimum absolute atomic E-state index is 0.0360. The van der Waals surface area contributed by atoms with Crippen molar-refractivity contribution in [2.24, 2.45) is 0 Å². The quantitative estimate of drug-likeness (QED) is 0.886. The number of carboxylic acid groups (broad SMARTS) is 1. The summed E-state index contributed by atoms with van der Waals surface area (Å²) >= 11 is 0. The van der Waals surface area contributed by atoms with Crippen molar-refractivity contribution in [1.82, 2.24) is 15.1 Å². The Kier molecular flexibility index (Phi) is 4.11. The number of carbonyl (C=O) groups is 2. The van der Waals surface area contributed by atoms with Crippen molar-refractivity contribution in [2.75, 3.05) is 13.2 Å². The smallest absolute Gasteiger partial charge is 0.331 e. The number of benzene rings is 1. The molecule has 126 valence electrons. The Balaban J connectivity index is 1.85. The molecule has 1 fully saturated rings. The predicted molar refractivity (Wildman–Crippen MR) is 86.3 cm³/mol. The van der Waals surface area contributed by atoms with E-state index >= 15 is 0 Å². The van der Waals surface area contributed by atoms with Crippen LogP contribution in [-0.2, 0) is 9.53 Å². The van der Waals surface area contributed by atoms with Gasteiger partial charge in [-0.25, -0.2) is 9.48 Å². The third-order valence-corrected chi connectivity index (χ3v) is 4.18. The second kappa shape index (κ2) is 6.09. The highest BCUT2D eigenvalue weighted by Gasteiger charge is 2.44. The summed E-state index contributed by atoms with van der Waals surface area (Å²) < 4.78 is 6.81. The zero-order chi connectivity index (χ0) is 17.3. The van der Waals surface area contributed by atoms with E-state index in [-0.39, 0.29) is 18.7 Å². The van der Waals surface area contributed by atoms with Crippen LogP contribution in [-0.4, -0.2) is 45.5 Å². The van der Waals surface area contributed by atoms with Crippen LogP contribution in [0.15, 0.2) is 30.3 Å². The van der Waals surface area contributed by atoms with Gasteiger partial charge < -0.3 is 15.2 Å². The topological polar surface area (TPSA) is 93.5 Å². The summed E-state index contributed by atoms with van der Waals surface area (Å²) in [4.78, 5) is 24.0. The van der Waals surface area contributed by atoms with Gasteiger partial charge in [0.15, 0.2) is 11.2 Å². The van der Waals surface area contributed by atoms with Crippen LogP contribution >= 0.6 is 0 Å². The SMILES string of the molecule is Cc1ccc(-n2nc(C(=O)NC3(C(=O)O)CCOC3)cc2C)cc1.